The van der Waals surface area contributed by atoms with Crippen molar-refractivity contribution in [3.8, 4) is 0 Å². The number of carboxylic acids is 1. The maximum atomic E-state index is 13.9. The number of piperidine rings is 1. The second-order valence-electron chi connectivity index (χ2n) is 10.0. The molecule has 3 aliphatic rings. The van der Waals surface area contributed by atoms with Crippen molar-refractivity contribution in [3.05, 3.63) is 69.7 Å². The van der Waals surface area contributed by atoms with Crippen molar-refractivity contribution >= 4 is 39.6 Å². The fourth-order valence-corrected chi connectivity index (χ4v) is 5.90. The largest absolute Gasteiger partial charge is 0.490 e. The molecule has 1 spiro atoms. The minimum atomic E-state index is -5.08. The number of rotatable bonds is 3. The van der Waals surface area contributed by atoms with Gasteiger partial charge in [0.1, 0.15) is 5.54 Å². The Morgan fingerprint density at radius 3 is 2.23 bits per heavy atom. The van der Waals surface area contributed by atoms with Crippen LogP contribution in [0.4, 0.5) is 13.2 Å². The van der Waals surface area contributed by atoms with Crippen molar-refractivity contribution < 1.29 is 37.5 Å². The topological polar surface area (TPSA) is 107 Å². The Balaban J connectivity index is 0.000000448. The zero-order chi connectivity index (χ0) is 28.7. The van der Waals surface area contributed by atoms with E-state index in [1.54, 1.807) is 0 Å². The average molecular weight is 610 g/mol. The Morgan fingerprint density at radius 1 is 1.08 bits per heavy atom. The van der Waals surface area contributed by atoms with E-state index in [0.717, 1.165) is 27.6 Å². The zero-order valence-electron chi connectivity index (χ0n) is 21.2. The first-order valence-electron chi connectivity index (χ1n) is 12.3. The number of amides is 3. The van der Waals surface area contributed by atoms with Crippen molar-refractivity contribution in [3.63, 3.8) is 0 Å². The second-order valence-corrected chi connectivity index (χ2v) is 10.9. The zero-order valence-corrected chi connectivity index (χ0v) is 22.8. The molecule has 8 nitrogen and oxygen atoms in total. The number of fused-ring (bicyclic) bond motifs is 2. The Kier molecular flexibility index (Phi) is 7.91. The third-order valence-electron chi connectivity index (χ3n) is 7.51. The molecule has 3 amide bonds. The van der Waals surface area contributed by atoms with Crippen LogP contribution in [0.2, 0.25) is 0 Å². The standard InChI is InChI=1S/C25H26BrN3O3.C2HF3O2/c1-15-4-8-17(9-5-15)21-19-20(23(31)28(2)22(19)30)25(27-21)12-3-13-29(24(25)32)14-16-6-10-18(26)11-7-16;3-2(4,5)1(6)7/h4-11,19-21,27H,3,12-14H2,1-2H3;(H,6,7)/t19-,20-,21-,25-;/m1./s1. The maximum absolute atomic E-state index is 13.9. The first-order chi connectivity index (χ1) is 18.3. The third kappa shape index (κ3) is 5.44. The highest BCUT2D eigenvalue weighted by Crippen LogP contribution is 2.51. The predicted octanol–water partition coefficient (Wildman–Crippen LogP) is 3.83. The number of halogens is 4. The lowest BCUT2D eigenvalue weighted by atomic mass is 9.74. The molecular formula is C27H27BrF3N3O5. The maximum Gasteiger partial charge on any atom is 0.490 e. The van der Waals surface area contributed by atoms with Crippen LogP contribution < -0.4 is 5.32 Å². The van der Waals surface area contributed by atoms with Gasteiger partial charge in [0.2, 0.25) is 17.7 Å². The Morgan fingerprint density at radius 2 is 1.67 bits per heavy atom. The molecule has 0 aromatic heterocycles. The average Bonchev–Trinajstić information content (AvgIpc) is 3.33. The fraction of sp³-hybridized carbons (Fsp3) is 0.407. The number of nitrogens with zero attached hydrogens (tertiary/aromatic N) is 2. The van der Waals surface area contributed by atoms with E-state index in [1.807, 2.05) is 60.4 Å². The molecule has 5 rings (SSSR count). The number of carboxylic acid groups (broad SMARTS) is 1. The number of hydrogen-bond acceptors (Lipinski definition) is 5. The molecule has 12 heteroatoms. The Labute approximate surface area is 231 Å². The predicted molar refractivity (Wildman–Crippen MR) is 137 cm³/mol. The van der Waals surface area contributed by atoms with Crippen LogP contribution in [0.5, 0.6) is 0 Å². The van der Waals surface area contributed by atoms with E-state index in [0.29, 0.717) is 19.5 Å². The van der Waals surface area contributed by atoms with Gasteiger partial charge in [-0.05, 0) is 43.0 Å². The highest BCUT2D eigenvalue weighted by Gasteiger charge is 2.68. The molecule has 3 aliphatic heterocycles. The molecule has 3 saturated heterocycles. The third-order valence-corrected chi connectivity index (χ3v) is 8.04. The van der Waals surface area contributed by atoms with Gasteiger partial charge in [0.05, 0.1) is 11.8 Å². The van der Waals surface area contributed by atoms with E-state index >= 15 is 0 Å². The minimum absolute atomic E-state index is 0.0762. The van der Waals surface area contributed by atoms with Gasteiger partial charge in [0, 0.05) is 30.7 Å². The number of aliphatic carboxylic acids is 1. The van der Waals surface area contributed by atoms with Gasteiger partial charge >= 0.3 is 12.1 Å². The van der Waals surface area contributed by atoms with Crippen molar-refractivity contribution in [1.82, 2.24) is 15.1 Å². The summed E-state index contributed by atoms with van der Waals surface area (Å²) in [6.07, 6.45) is -3.75. The summed E-state index contributed by atoms with van der Waals surface area (Å²) in [5, 5.41) is 10.7. The molecule has 0 unspecified atom stereocenters. The summed E-state index contributed by atoms with van der Waals surface area (Å²) in [5.41, 5.74) is 2.05. The lowest BCUT2D eigenvalue weighted by Crippen LogP contribution is -2.63. The number of benzene rings is 2. The van der Waals surface area contributed by atoms with Gasteiger partial charge in [-0.15, -0.1) is 0 Å². The van der Waals surface area contributed by atoms with Gasteiger partial charge in [-0.25, -0.2) is 4.79 Å². The van der Waals surface area contributed by atoms with E-state index in [4.69, 9.17) is 9.90 Å². The SMILES string of the molecule is Cc1ccc([C@H]2N[C@]3(CCCN(Cc4ccc(Br)cc4)C3=O)[C@H]3C(=O)N(C)C(=O)[C@@H]23)cc1.O=C(O)C(F)(F)F. The second kappa shape index (κ2) is 10.7. The lowest BCUT2D eigenvalue weighted by molar-refractivity contribution is -0.192. The lowest BCUT2D eigenvalue weighted by Gasteiger charge is -2.42. The summed E-state index contributed by atoms with van der Waals surface area (Å²) in [6.45, 7) is 3.14. The van der Waals surface area contributed by atoms with Crippen molar-refractivity contribution in [2.75, 3.05) is 13.6 Å². The van der Waals surface area contributed by atoms with Gasteiger partial charge in [-0.1, -0.05) is 57.9 Å². The summed E-state index contributed by atoms with van der Waals surface area (Å²) in [6, 6.07) is 15.6. The number of aryl methyl sites for hydroxylation is 1. The molecule has 0 bridgehead atoms. The molecule has 0 aliphatic carbocycles. The van der Waals surface area contributed by atoms with Crippen LogP contribution in [0.1, 0.15) is 35.6 Å². The number of hydrogen-bond donors (Lipinski definition) is 2. The first-order valence-corrected chi connectivity index (χ1v) is 13.0. The van der Waals surface area contributed by atoms with Gasteiger partial charge < -0.3 is 10.0 Å². The molecule has 2 N–H and O–H groups in total. The molecule has 4 atom stereocenters. The van der Waals surface area contributed by atoms with Crippen molar-refractivity contribution in [2.24, 2.45) is 11.8 Å². The molecule has 3 heterocycles. The molecule has 2 aromatic carbocycles. The molecular weight excluding hydrogens is 583 g/mol. The molecule has 0 radical (unpaired) electrons. The summed E-state index contributed by atoms with van der Waals surface area (Å²) in [5.74, 6) is -4.52. The van der Waals surface area contributed by atoms with Crippen LogP contribution >= 0.6 is 15.9 Å². The summed E-state index contributed by atoms with van der Waals surface area (Å²) < 4.78 is 32.7. The van der Waals surface area contributed by atoms with E-state index < -0.39 is 29.5 Å². The first kappa shape index (κ1) is 28.8. The number of carbonyl (C=O) groups is 4. The molecule has 39 heavy (non-hydrogen) atoms. The van der Waals surface area contributed by atoms with Gasteiger partial charge in [-0.2, -0.15) is 13.2 Å². The van der Waals surface area contributed by atoms with Crippen LogP contribution in [0.3, 0.4) is 0 Å². The van der Waals surface area contributed by atoms with E-state index in [1.165, 1.54) is 11.9 Å². The van der Waals surface area contributed by atoms with Crippen LogP contribution in [-0.2, 0) is 25.7 Å². The van der Waals surface area contributed by atoms with E-state index in [-0.39, 0.29) is 23.8 Å². The number of carbonyl (C=O) groups excluding carboxylic acids is 3. The fourth-order valence-electron chi connectivity index (χ4n) is 5.63. The highest BCUT2D eigenvalue weighted by atomic mass is 79.9. The van der Waals surface area contributed by atoms with Crippen molar-refractivity contribution in [1.29, 1.82) is 0 Å². The van der Waals surface area contributed by atoms with Crippen LogP contribution in [0.25, 0.3) is 0 Å². The minimum Gasteiger partial charge on any atom is -0.475 e. The van der Waals surface area contributed by atoms with Crippen LogP contribution in [0.15, 0.2) is 53.0 Å². The van der Waals surface area contributed by atoms with E-state index in [2.05, 4.69) is 21.2 Å². The highest BCUT2D eigenvalue weighted by molar-refractivity contribution is 9.10. The number of alkyl halides is 3. The normalized spacial score (nSPS) is 26.5. The monoisotopic (exact) mass is 609 g/mol. The summed E-state index contributed by atoms with van der Waals surface area (Å²) in [4.78, 5) is 52.2. The van der Waals surface area contributed by atoms with Crippen LogP contribution in [-0.4, -0.2) is 63.9 Å². The Bertz CT molecular complexity index is 1290. The number of nitrogens with one attached hydrogen (secondary N) is 1. The Hall–Kier alpha value is -3.25. The van der Waals surface area contributed by atoms with Gasteiger partial charge in [0.25, 0.3) is 0 Å². The molecule has 208 valence electrons. The molecule has 0 saturated carbocycles. The number of imide groups is 1. The van der Waals surface area contributed by atoms with Crippen LogP contribution in [0, 0.1) is 18.8 Å². The molecule has 2 aromatic rings. The van der Waals surface area contributed by atoms with E-state index in [9.17, 15) is 27.6 Å². The van der Waals surface area contributed by atoms with Gasteiger partial charge in [-0.3, -0.25) is 24.6 Å². The van der Waals surface area contributed by atoms with Gasteiger partial charge in [0.15, 0.2) is 0 Å². The van der Waals surface area contributed by atoms with Crippen molar-refractivity contribution in [2.45, 2.75) is 44.1 Å². The molecule has 3 fully saturated rings. The summed E-state index contributed by atoms with van der Waals surface area (Å²) >= 11 is 3.45. The summed E-state index contributed by atoms with van der Waals surface area (Å²) in [7, 11) is 1.54. The quantitative estimate of drug-likeness (QED) is 0.512. The number of likely N-dealkylation sites (tertiary alicyclic amines) is 2. The smallest absolute Gasteiger partial charge is 0.475 e.